The minimum Gasteiger partial charge on any atom is -0.331 e. The van der Waals surface area contributed by atoms with Gasteiger partial charge in [-0.3, -0.25) is 25.8 Å². The molecule has 0 fully saturated rings. The van der Waals surface area contributed by atoms with E-state index in [0.717, 1.165) is 12.1 Å². The van der Waals surface area contributed by atoms with Crippen LogP contribution in [-0.2, 0) is 6.42 Å². The molecule has 2 aromatic carbocycles. The zero-order valence-electron chi connectivity index (χ0n) is 12.9. The summed E-state index contributed by atoms with van der Waals surface area (Å²) in [5.74, 6) is -0.449. The van der Waals surface area contributed by atoms with Crippen LogP contribution in [0.3, 0.4) is 0 Å². The number of anilines is 1. The summed E-state index contributed by atoms with van der Waals surface area (Å²) in [5.41, 5.74) is 7.23. The number of hydrazine groups is 1. The number of nitro benzene ring substituents is 1. The fraction of sp³-hybridized carbons (Fsp3) is 0.125. The number of aryl methyl sites for hydroxylation is 1. The minimum absolute atomic E-state index is 0.0766. The lowest BCUT2D eigenvalue weighted by atomic mass is 10.1. The fourth-order valence-corrected chi connectivity index (χ4v) is 2.08. The van der Waals surface area contributed by atoms with Crippen LogP contribution in [0.2, 0.25) is 0 Å². The second kappa shape index (κ2) is 8.02. The molecular formula is C16H16N4O3S. The van der Waals surface area contributed by atoms with Crippen LogP contribution < -0.4 is 16.2 Å². The number of rotatable bonds is 4. The van der Waals surface area contributed by atoms with Crippen molar-refractivity contribution in [1.82, 2.24) is 10.9 Å². The van der Waals surface area contributed by atoms with Crippen molar-refractivity contribution in [2.24, 2.45) is 0 Å². The highest BCUT2D eigenvalue weighted by Crippen LogP contribution is 2.12. The third-order valence-electron chi connectivity index (χ3n) is 3.25. The van der Waals surface area contributed by atoms with E-state index in [1.165, 1.54) is 29.8 Å². The van der Waals surface area contributed by atoms with Crippen molar-refractivity contribution in [3.05, 3.63) is 69.8 Å². The van der Waals surface area contributed by atoms with Crippen LogP contribution in [0.5, 0.6) is 0 Å². The number of nitrogens with zero attached hydrogens (tertiary/aromatic N) is 1. The molecule has 7 nitrogen and oxygen atoms in total. The van der Waals surface area contributed by atoms with Crippen molar-refractivity contribution in [2.75, 3.05) is 5.32 Å². The average molecular weight is 344 g/mol. The number of carbonyl (C=O) groups is 1. The van der Waals surface area contributed by atoms with Gasteiger partial charge in [-0.1, -0.05) is 19.1 Å². The van der Waals surface area contributed by atoms with Crippen LogP contribution in [0.25, 0.3) is 0 Å². The molecule has 24 heavy (non-hydrogen) atoms. The maximum Gasteiger partial charge on any atom is 0.269 e. The van der Waals surface area contributed by atoms with Crippen LogP contribution in [0.4, 0.5) is 11.4 Å². The van der Waals surface area contributed by atoms with E-state index in [-0.39, 0.29) is 16.4 Å². The molecule has 0 aliphatic rings. The normalized spacial score (nSPS) is 9.88. The van der Waals surface area contributed by atoms with Gasteiger partial charge in [0.1, 0.15) is 0 Å². The number of non-ortho nitro benzene ring substituents is 1. The third kappa shape index (κ3) is 4.75. The maximum atomic E-state index is 11.9. The molecule has 0 unspecified atom stereocenters. The Kier molecular flexibility index (Phi) is 5.80. The molecular weight excluding hydrogens is 328 g/mol. The Morgan fingerprint density at radius 3 is 2.25 bits per heavy atom. The van der Waals surface area contributed by atoms with Gasteiger partial charge in [0.2, 0.25) is 0 Å². The Bertz CT molecular complexity index is 745. The molecule has 0 aliphatic carbocycles. The molecule has 0 saturated carbocycles. The molecule has 8 heteroatoms. The van der Waals surface area contributed by atoms with Gasteiger partial charge in [-0.2, -0.15) is 0 Å². The van der Waals surface area contributed by atoms with Crippen LogP contribution in [0, 0.1) is 10.1 Å². The van der Waals surface area contributed by atoms with Crippen molar-refractivity contribution in [3.8, 4) is 0 Å². The van der Waals surface area contributed by atoms with E-state index >= 15 is 0 Å². The first-order chi connectivity index (χ1) is 11.5. The lowest BCUT2D eigenvalue weighted by Crippen LogP contribution is -2.43. The number of thiocarbonyl (C=S) groups is 1. The molecule has 2 aromatic rings. The van der Waals surface area contributed by atoms with Gasteiger partial charge in [-0.25, -0.2) is 0 Å². The standard InChI is InChI=1S/C16H16N4O3S/c1-2-11-3-7-13(8-4-11)17-16(24)19-18-15(21)12-5-9-14(10-6-12)20(22)23/h3-10H,2H2,1H3,(H,18,21)(H2,17,19,24). The van der Waals surface area contributed by atoms with Gasteiger partial charge in [0.05, 0.1) is 4.92 Å². The molecule has 124 valence electrons. The largest absolute Gasteiger partial charge is 0.331 e. The lowest BCUT2D eigenvalue weighted by molar-refractivity contribution is -0.384. The van der Waals surface area contributed by atoms with Gasteiger partial charge in [-0.05, 0) is 48.5 Å². The quantitative estimate of drug-likeness (QED) is 0.448. The topological polar surface area (TPSA) is 96.3 Å². The second-order valence-corrected chi connectivity index (χ2v) is 5.30. The molecule has 0 saturated heterocycles. The van der Waals surface area contributed by atoms with E-state index in [1.54, 1.807) is 0 Å². The smallest absolute Gasteiger partial charge is 0.269 e. The van der Waals surface area contributed by atoms with E-state index in [9.17, 15) is 14.9 Å². The lowest BCUT2D eigenvalue weighted by Gasteiger charge is -2.12. The van der Waals surface area contributed by atoms with Gasteiger partial charge in [0.15, 0.2) is 5.11 Å². The molecule has 0 heterocycles. The molecule has 1 amide bonds. The molecule has 0 bridgehead atoms. The Labute approximate surface area is 144 Å². The number of amides is 1. The average Bonchev–Trinajstić information content (AvgIpc) is 2.60. The first-order valence-electron chi connectivity index (χ1n) is 7.20. The molecule has 0 atom stereocenters. The second-order valence-electron chi connectivity index (χ2n) is 4.89. The van der Waals surface area contributed by atoms with Gasteiger partial charge in [0, 0.05) is 23.4 Å². The number of benzene rings is 2. The van der Waals surface area contributed by atoms with Gasteiger partial charge in [-0.15, -0.1) is 0 Å². The number of nitro groups is 1. The Morgan fingerprint density at radius 2 is 1.71 bits per heavy atom. The number of nitrogens with one attached hydrogen (secondary N) is 3. The summed E-state index contributed by atoms with van der Waals surface area (Å²) < 4.78 is 0. The van der Waals surface area contributed by atoms with Crippen molar-refractivity contribution in [2.45, 2.75) is 13.3 Å². The highest BCUT2D eigenvalue weighted by Gasteiger charge is 2.09. The van der Waals surface area contributed by atoms with E-state index in [2.05, 4.69) is 23.1 Å². The molecule has 0 aromatic heterocycles. The van der Waals surface area contributed by atoms with Crippen molar-refractivity contribution in [3.63, 3.8) is 0 Å². The Hall–Kier alpha value is -3.00. The number of carbonyl (C=O) groups excluding carboxylic acids is 1. The first-order valence-corrected chi connectivity index (χ1v) is 7.61. The van der Waals surface area contributed by atoms with Crippen molar-refractivity contribution < 1.29 is 9.72 Å². The maximum absolute atomic E-state index is 11.9. The monoisotopic (exact) mass is 344 g/mol. The van der Waals surface area contributed by atoms with Crippen LogP contribution >= 0.6 is 12.2 Å². The van der Waals surface area contributed by atoms with E-state index < -0.39 is 10.8 Å². The summed E-state index contributed by atoms with van der Waals surface area (Å²) in [7, 11) is 0. The molecule has 0 radical (unpaired) electrons. The number of hydrogen-bond acceptors (Lipinski definition) is 4. The summed E-state index contributed by atoms with van der Waals surface area (Å²) in [4.78, 5) is 22.0. The predicted octanol–water partition coefficient (Wildman–Crippen LogP) is 2.79. The summed E-state index contributed by atoms with van der Waals surface area (Å²) in [5, 5.41) is 13.7. The third-order valence-corrected chi connectivity index (χ3v) is 3.45. The van der Waals surface area contributed by atoms with Crippen molar-refractivity contribution in [1.29, 1.82) is 0 Å². The molecule has 0 spiro atoms. The predicted molar refractivity (Wildman–Crippen MR) is 95.7 cm³/mol. The fourth-order valence-electron chi connectivity index (χ4n) is 1.91. The SMILES string of the molecule is CCc1ccc(NC(=S)NNC(=O)c2ccc([N+](=O)[O-])cc2)cc1. The minimum atomic E-state index is -0.525. The molecule has 3 N–H and O–H groups in total. The van der Waals surface area contributed by atoms with Crippen LogP contribution in [-0.4, -0.2) is 15.9 Å². The first kappa shape index (κ1) is 17.4. The van der Waals surface area contributed by atoms with Gasteiger partial charge in [0.25, 0.3) is 11.6 Å². The highest BCUT2D eigenvalue weighted by molar-refractivity contribution is 7.80. The van der Waals surface area contributed by atoms with Crippen LogP contribution in [0.1, 0.15) is 22.8 Å². The Balaban J connectivity index is 1.86. The van der Waals surface area contributed by atoms with Gasteiger partial charge >= 0.3 is 0 Å². The Morgan fingerprint density at radius 1 is 1.08 bits per heavy atom. The van der Waals surface area contributed by atoms with E-state index in [0.29, 0.717) is 0 Å². The van der Waals surface area contributed by atoms with Crippen molar-refractivity contribution >= 4 is 34.6 Å². The summed E-state index contributed by atoms with van der Waals surface area (Å²) in [6.07, 6.45) is 0.953. The zero-order chi connectivity index (χ0) is 17.5. The zero-order valence-corrected chi connectivity index (χ0v) is 13.7. The summed E-state index contributed by atoms with van der Waals surface area (Å²) >= 11 is 5.09. The molecule has 2 rings (SSSR count). The van der Waals surface area contributed by atoms with E-state index in [4.69, 9.17) is 12.2 Å². The highest BCUT2D eigenvalue weighted by atomic mass is 32.1. The van der Waals surface area contributed by atoms with Crippen LogP contribution in [0.15, 0.2) is 48.5 Å². The van der Waals surface area contributed by atoms with E-state index in [1.807, 2.05) is 24.3 Å². The summed E-state index contributed by atoms with van der Waals surface area (Å²) in [6.45, 7) is 2.07. The summed E-state index contributed by atoms with van der Waals surface area (Å²) in [6, 6.07) is 13.0. The number of hydrogen-bond donors (Lipinski definition) is 3. The molecule has 0 aliphatic heterocycles. The van der Waals surface area contributed by atoms with Gasteiger partial charge < -0.3 is 5.32 Å².